The van der Waals surface area contributed by atoms with Crippen LogP contribution in [0, 0.1) is 0 Å². The lowest BCUT2D eigenvalue weighted by atomic mass is 10.1. The molecule has 4 rings (SSSR count). The maximum atomic E-state index is 13.4. The number of fused-ring (bicyclic) bond motifs is 1. The molecule has 10 nitrogen and oxygen atoms in total. The molecule has 1 saturated heterocycles. The van der Waals surface area contributed by atoms with Gasteiger partial charge in [0.25, 0.3) is 5.56 Å². The van der Waals surface area contributed by atoms with E-state index in [2.05, 4.69) is 10.1 Å². The van der Waals surface area contributed by atoms with Crippen molar-refractivity contribution in [3.8, 4) is 17.0 Å². The number of carbonyl (C=O) groups excluding carboxylic acids is 1. The predicted molar refractivity (Wildman–Crippen MR) is 133 cm³/mol. The third kappa shape index (κ3) is 4.70. The fourth-order valence-electron chi connectivity index (χ4n) is 4.50. The number of rotatable bonds is 7. The highest BCUT2D eigenvalue weighted by molar-refractivity contribution is 7.89. The quantitative estimate of drug-likeness (QED) is 0.530. The van der Waals surface area contributed by atoms with E-state index in [1.165, 1.54) is 17.3 Å². The van der Waals surface area contributed by atoms with Crippen LogP contribution in [0.15, 0.2) is 34.0 Å². The molecule has 1 N–H and O–H groups in total. The lowest BCUT2D eigenvalue weighted by Gasteiger charge is -2.33. The van der Waals surface area contributed by atoms with Gasteiger partial charge in [-0.3, -0.25) is 14.3 Å². The van der Waals surface area contributed by atoms with E-state index in [0.29, 0.717) is 42.2 Å². The molecule has 0 saturated carbocycles. The highest BCUT2D eigenvalue weighted by Crippen LogP contribution is 2.34. The molecule has 0 atom stereocenters. The van der Waals surface area contributed by atoms with Crippen molar-refractivity contribution in [2.75, 3.05) is 32.8 Å². The minimum Gasteiger partial charge on any atom is -0.493 e. The number of ether oxygens (including phenoxy) is 1. The number of aromatic amines is 1. The molecule has 3 heterocycles. The molecule has 0 spiro atoms. The number of sulfonamides is 1. The Morgan fingerprint density at radius 3 is 2.49 bits per heavy atom. The van der Waals surface area contributed by atoms with Crippen LogP contribution >= 0.6 is 0 Å². The van der Waals surface area contributed by atoms with Crippen LogP contribution in [0.4, 0.5) is 0 Å². The molecule has 1 fully saturated rings. The van der Waals surface area contributed by atoms with Gasteiger partial charge in [-0.15, -0.1) is 0 Å². The number of aryl methyl sites for hydroxylation is 2. The molecule has 3 aromatic rings. The second-order valence-corrected chi connectivity index (χ2v) is 10.5. The van der Waals surface area contributed by atoms with Gasteiger partial charge in [-0.1, -0.05) is 13.3 Å². The SMILES string of the molecule is CCCc1nn(C)c2c(=O)[nH]c(-c3cc(S(=O)(=O)N4CCN(C(C)=O)CC4)ccc3OCC)cc12. The standard InChI is InChI=1S/C24H31N5O5S/c1-5-7-20-19-15-21(25-24(31)23(19)27(4)26-20)18-14-17(8-9-22(18)34-6-2)35(32,33)29-12-10-28(11-13-29)16(3)30/h8-9,14-15H,5-7,10-13H2,1-4H3,(H,25,31). The van der Waals surface area contributed by atoms with Gasteiger partial charge in [0.05, 0.1) is 22.9 Å². The zero-order valence-corrected chi connectivity index (χ0v) is 21.3. The van der Waals surface area contributed by atoms with Crippen molar-refractivity contribution in [3.63, 3.8) is 0 Å². The van der Waals surface area contributed by atoms with Crippen LogP contribution in [0.3, 0.4) is 0 Å². The van der Waals surface area contributed by atoms with Crippen molar-refractivity contribution in [1.29, 1.82) is 0 Å². The Labute approximate surface area is 204 Å². The van der Waals surface area contributed by atoms with E-state index in [0.717, 1.165) is 23.9 Å². The van der Waals surface area contributed by atoms with E-state index < -0.39 is 10.0 Å². The minimum atomic E-state index is -3.81. The number of benzene rings is 1. The van der Waals surface area contributed by atoms with Crippen molar-refractivity contribution < 1.29 is 17.9 Å². The van der Waals surface area contributed by atoms with Crippen LogP contribution in [-0.4, -0.2) is 71.1 Å². The van der Waals surface area contributed by atoms with E-state index in [4.69, 9.17) is 4.74 Å². The number of aromatic nitrogens is 3. The maximum absolute atomic E-state index is 13.4. The number of hydrogen-bond donors (Lipinski definition) is 1. The van der Waals surface area contributed by atoms with Crippen LogP contribution in [0.2, 0.25) is 0 Å². The first-order chi connectivity index (χ1) is 16.7. The number of carbonyl (C=O) groups is 1. The van der Waals surface area contributed by atoms with Gasteiger partial charge in [-0.25, -0.2) is 8.42 Å². The van der Waals surface area contributed by atoms with Gasteiger partial charge in [0.1, 0.15) is 11.3 Å². The fraction of sp³-hybridized carbons (Fsp3) is 0.458. The normalized spacial score (nSPS) is 15.0. The maximum Gasteiger partial charge on any atom is 0.274 e. The summed E-state index contributed by atoms with van der Waals surface area (Å²) >= 11 is 0. The largest absolute Gasteiger partial charge is 0.493 e. The predicted octanol–water partition coefficient (Wildman–Crippen LogP) is 2.13. The van der Waals surface area contributed by atoms with Crippen molar-refractivity contribution in [1.82, 2.24) is 24.0 Å². The smallest absolute Gasteiger partial charge is 0.274 e. The van der Waals surface area contributed by atoms with Gasteiger partial charge < -0.3 is 14.6 Å². The number of amides is 1. The molecule has 0 radical (unpaired) electrons. The molecule has 0 unspecified atom stereocenters. The first-order valence-electron chi connectivity index (χ1n) is 11.8. The molecular weight excluding hydrogens is 470 g/mol. The first kappa shape index (κ1) is 24.9. The number of piperazine rings is 1. The summed E-state index contributed by atoms with van der Waals surface area (Å²) in [5, 5.41) is 5.25. The van der Waals surface area contributed by atoms with Gasteiger partial charge in [-0.05, 0) is 37.6 Å². The molecule has 0 aliphatic carbocycles. The Kier molecular flexibility index (Phi) is 7.00. The number of H-pyrrole nitrogens is 1. The second-order valence-electron chi connectivity index (χ2n) is 8.60. The summed E-state index contributed by atoms with van der Waals surface area (Å²) in [4.78, 5) is 29.2. The van der Waals surface area contributed by atoms with Crippen LogP contribution in [0.1, 0.15) is 32.9 Å². The number of nitrogens with zero attached hydrogens (tertiary/aromatic N) is 4. The van der Waals surface area contributed by atoms with Crippen molar-refractivity contribution in [2.24, 2.45) is 7.05 Å². The summed E-state index contributed by atoms with van der Waals surface area (Å²) in [7, 11) is -2.07. The molecule has 2 aromatic heterocycles. The van der Waals surface area contributed by atoms with E-state index in [1.807, 2.05) is 19.9 Å². The minimum absolute atomic E-state index is 0.0670. The van der Waals surface area contributed by atoms with Crippen LogP contribution in [-0.2, 0) is 28.3 Å². The van der Waals surface area contributed by atoms with Gasteiger partial charge in [0.15, 0.2) is 0 Å². The summed E-state index contributed by atoms with van der Waals surface area (Å²) in [5.74, 6) is 0.409. The number of nitrogens with one attached hydrogen (secondary N) is 1. The van der Waals surface area contributed by atoms with Gasteiger partial charge >= 0.3 is 0 Å². The molecule has 11 heteroatoms. The molecule has 1 aliphatic heterocycles. The lowest BCUT2D eigenvalue weighted by Crippen LogP contribution is -2.49. The lowest BCUT2D eigenvalue weighted by molar-refractivity contribution is -0.129. The Hall–Kier alpha value is -3.18. The third-order valence-electron chi connectivity index (χ3n) is 6.26. The van der Waals surface area contributed by atoms with Crippen LogP contribution in [0.25, 0.3) is 22.2 Å². The summed E-state index contributed by atoms with van der Waals surface area (Å²) in [6.45, 7) is 6.91. The number of hydrogen-bond acceptors (Lipinski definition) is 6. The van der Waals surface area contributed by atoms with Crippen LogP contribution in [0.5, 0.6) is 5.75 Å². The summed E-state index contributed by atoms with van der Waals surface area (Å²) in [5.41, 5.74) is 1.95. The summed E-state index contributed by atoms with van der Waals surface area (Å²) in [6, 6.07) is 6.53. The van der Waals surface area contributed by atoms with Crippen LogP contribution < -0.4 is 10.3 Å². The van der Waals surface area contributed by atoms with Crippen molar-refractivity contribution in [3.05, 3.63) is 40.3 Å². The van der Waals surface area contributed by atoms with Crippen molar-refractivity contribution in [2.45, 2.75) is 38.5 Å². The highest BCUT2D eigenvalue weighted by Gasteiger charge is 2.30. The second kappa shape index (κ2) is 9.82. The summed E-state index contributed by atoms with van der Waals surface area (Å²) < 4.78 is 35.6. The molecule has 1 aromatic carbocycles. The zero-order chi connectivity index (χ0) is 25.3. The molecule has 0 bridgehead atoms. The molecule has 1 aliphatic rings. The van der Waals surface area contributed by atoms with E-state index in [1.54, 1.807) is 28.8 Å². The highest BCUT2D eigenvalue weighted by atomic mass is 32.2. The third-order valence-corrected chi connectivity index (χ3v) is 8.16. The van der Waals surface area contributed by atoms with E-state index in [-0.39, 0.29) is 29.5 Å². The fourth-order valence-corrected chi connectivity index (χ4v) is 5.95. The first-order valence-corrected chi connectivity index (χ1v) is 13.2. The zero-order valence-electron chi connectivity index (χ0n) is 20.5. The summed E-state index contributed by atoms with van der Waals surface area (Å²) in [6.07, 6.45) is 1.60. The van der Waals surface area contributed by atoms with Crippen molar-refractivity contribution >= 4 is 26.8 Å². The Balaban J connectivity index is 1.80. The number of pyridine rings is 1. The van der Waals surface area contributed by atoms with Gasteiger partial charge in [0, 0.05) is 51.1 Å². The van der Waals surface area contributed by atoms with E-state index in [9.17, 15) is 18.0 Å². The Morgan fingerprint density at radius 2 is 1.86 bits per heavy atom. The molecule has 188 valence electrons. The van der Waals surface area contributed by atoms with Gasteiger partial charge in [-0.2, -0.15) is 9.40 Å². The molecule has 1 amide bonds. The average Bonchev–Trinajstić information content (AvgIpc) is 3.15. The molecule has 35 heavy (non-hydrogen) atoms. The average molecular weight is 502 g/mol. The Morgan fingerprint density at radius 1 is 1.14 bits per heavy atom. The topological polar surface area (TPSA) is 118 Å². The Bertz CT molecular complexity index is 1420. The van der Waals surface area contributed by atoms with E-state index >= 15 is 0 Å². The monoisotopic (exact) mass is 501 g/mol. The van der Waals surface area contributed by atoms with Gasteiger partial charge in [0.2, 0.25) is 15.9 Å². The molecular formula is C24H31N5O5S.